The lowest BCUT2D eigenvalue weighted by Gasteiger charge is -2.12. The van der Waals surface area contributed by atoms with E-state index in [0.717, 1.165) is 17.1 Å². The van der Waals surface area contributed by atoms with Crippen LogP contribution in [0.3, 0.4) is 0 Å². The molecule has 1 aromatic heterocycles. The van der Waals surface area contributed by atoms with Crippen LogP contribution in [0.15, 0.2) is 18.2 Å². The van der Waals surface area contributed by atoms with E-state index in [1.165, 1.54) is 12.7 Å². The highest BCUT2D eigenvalue weighted by Gasteiger charge is 2.21. The van der Waals surface area contributed by atoms with Gasteiger partial charge in [-0.2, -0.15) is 0 Å². The van der Waals surface area contributed by atoms with E-state index in [4.69, 9.17) is 10.5 Å². The minimum atomic E-state index is -0.513. The van der Waals surface area contributed by atoms with Crippen LogP contribution in [0.25, 0.3) is 5.69 Å². The van der Waals surface area contributed by atoms with Gasteiger partial charge in [0.05, 0.1) is 12.8 Å². The van der Waals surface area contributed by atoms with Gasteiger partial charge >= 0.3 is 5.97 Å². The van der Waals surface area contributed by atoms with Crippen molar-refractivity contribution in [2.24, 2.45) is 0 Å². The third kappa shape index (κ3) is 2.27. The molecular formula is C15H19N3O2. The van der Waals surface area contributed by atoms with Gasteiger partial charge in [0, 0.05) is 6.42 Å². The van der Waals surface area contributed by atoms with Gasteiger partial charge in [0.15, 0.2) is 5.69 Å². The van der Waals surface area contributed by atoms with E-state index in [-0.39, 0.29) is 5.69 Å². The molecule has 1 heterocycles. The summed E-state index contributed by atoms with van der Waals surface area (Å²) < 4.78 is 6.54. The number of imidazole rings is 1. The van der Waals surface area contributed by atoms with Gasteiger partial charge < -0.3 is 10.5 Å². The average Bonchev–Trinajstić information content (AvgIpc) is 2.75. The molecule has 0 spiro atoms. The minimum absolute atomic E-state index is 0.171. The Morgan fingerprint density at radius 2 is 2.10 bits per heavy atom. The second-order valence-corrected chi connectivity index (χ2v) is 4.73. The number of rotatable bonds is 3. The standard InChI is InChI=1S/C15H19N3O2/c1-5-12-17-13(15(19)20-4)14(16)18(12)11-7-6-9(2)8-10(11)3/h6-8H,5,16H2,1-4H3. The summed E-state index contributed by atoms with van der Waals surface area (Å²) in [5.41, 5.74) is 9.46. The van der Waals surface area contributed by atoms with Gasteiger partial charge in [-0.05, 0) is 25.5 Å². The van der Waals surface area contributed by atoms with Gasteiger partial charge in [-0.3, -0.25) is 4.57 Å². The molecular weight excluding hydrogens is 254 g/mol. The summed E-state index contributed by atoms with van der Waals surface area (Å²) in [6, 6.07) is 6.08. The number of ether oxygens (including phenoxy) is 1. The average molecular weight is 273 g/mol. The Morgan fingerprint density at radius 3 is 2.65 bits per heavy atom. The molecule has 106 valence electrons. The first-order valence-corrected chi connectivity index (χ1v) is 6.52. The maximum Gasteiger partial charge on any atom is 0.360 e. The number of hydrogen-bond acceptors (Lipinski definition) is 4. The third-order valence-electron chi connectivity index (χ3n) is 3.27. The van der Waals surface area contributed by atoms with E-state index in [0.29, 0.717) is 12.2 Å². The summed E-state index contributed by atoms with van der Waals surface area (Å²) in [6.45, 7) is 6.02. The van der Waals surface area contributed by atoms with Crippen LogP contribution < -0.4 is 5.73 Å². The van der Waals surface area contributed by atoms with Crippen molar-refractivity contribution in [2.75, 3.05) is 12.8 Å². The van der Waals surface area contributed by atoms with E-state index < -0.39 is 5.97 Å². The second-order valence-electron chi connectivity index (χ2n) is 4.73. The number of hydrogen-bond donors (Lipinski definition) is 1. The monoisotopic (exact) mass is 273 g/mol. The maximum absolute atomic E-state index is 11.7. The third-order valence-corrected chi connectivity index (χ3v) is 3.27. The van der Waals surface area contributed by atoms with Crippen LogP contribution in [0.2, 0.25) is 0 Å². The Balaban J connectivity index is 2.67. The summed E-state index contributed by atoms with van der Waals surface area (Å²) in [4.78, 5) is 16.0. The molecule has 2 N–H and O–H groups in total. The quantitative estimate of drug-likeness (QED) is 0.872. The second kappa shape index (κ2) is 5.36. The first-order valence-electron chi connectivity index (χ1n) is 6.52. The Bertz CT molecular complexity index is 659. The minimum Gasteiger partial charge on any atom is -0.464 e. The number of aromatic nitrogens is 2. The molecule has 5 heteroatoms. The Kier molecular flexibility index (Phi) is 3.79. The number of benzene rings is 1. The van der Waals surface area contributed by atoms with Gasteiger partial charge in [0.1, 0.15) is 11.6 Å². The molecule has 0 fully saturated rings. The van der Waals surface area contributed by atoms with E-state index >= 15 is 0 Å². The molecule has 20 heavy (non-hydrogen) atoms. The van der Waals surface area contributed by atoms with Crippen LogP contribution >= 0.6 is 0 Å². The number of aryl methyl sites for hydroxylation is 3. The number of nitrogen functional groups attached to an aromatic ring is 1. The van der Waals surface area contributed by atoms with Crippen molar-refractivity contribution in [1.29, 1.82) is 0 Å². The summed E-state index contributed by atoms with van der Waals surface area (Å²) in [6.07, 6.45) is 0.675. The van der Waals surface area contributed by atoms with Crippen molar-refractivity contribution >= 4 is 11.8 Å². The smallest absolute Gasteiger partial charge is 0.360 e. The summed E-state index contributed by atoms with van der Waals surface area (Å²) >= 11 is 0. The molecule has 0 amide bonds. The molecule has 0 saturated carbocycles. The molecule has 0 radical (unpaired) electrons. The van der Waals surface area contributed by atoms with Crippen LogP contribution in [-0.4, -0.2) is 22.6 Å². The molecule has 2 rings (SSSR count). The van der Waals surface area contributed by atoms with Crippen molar-refractivity contribution in [3.05, 3.63) is 40.8 Å². The molecule has 0 aliphatic rings. The largest absolute Gasteiger partial charge is 0.464 e. The summed E-state index contributed by atoms with van der Waals surface area (Å²) in [5, 5.41) is 0. The van der Waals surface area contributed by atoms with Crippen LogP contribution in [0.1, 0.15) is 34.4 Å². The number of esters is 1. The van der Waals surface area contributed by atoms with Crippen molar-refractivity contribution in [3.63, 3.8) is 0 Å². The van der Waals surface area contributed by atoms with Gasteiger partial charge in [0.25, 0.3) is 0 Å². The Hall–Kier alpha value is -2.30. The normalized spacial score (nSPS) is 10.6. The molecule has 2 aromatic rings. The highest BCUT2D eigenvalue weighted by molar-refractivity contribution is 5.92. The number of methoxy groups -OCH3 is 1. The van der Waals surface area contributed by atoms with Crippen LogP contribution in [0, 0.1) is 13.8 Å². The Labute approximate surface area is 118 Å². The van der Waals surface area contributed by atoms with Crippen molar-refractivity contribution < 1.29 is 9.53 Å². The topological polar surface area (TPSA) is 70.1 Å². The maximum atomic E-state index is 11.7. The molecule has 0 bridgehead atoms. The lowest BCUT2D eigenvalue weighted by atomic mass is 10.1. The fourth-order valence-corrected chi connectivity index (χ4v) is 2.29. The van der Waals surface area contributed by atoms with Crippen LogP contribution in [-0.2, 0) is 11.2 Å². The number of nitrogens with zero attached hydrogens (tertiary/aromatic N) is 2. The van der Waals surface area contributed by atoms with Gasteiger partial charge in [-0.25, -0.2) is 9.78 Å². The van der Waals surface area contributed by atoms with Crippen LogP contribution in [0.5, 0.6) is 0 Å². The summed E-state index contributed by atoms with van der Waals surface area (Å²) in [5.74, 6) is 0.552. The zero-order chi connectivity index (χ0) is 14.9. The van der Waals surface area contributed by atoms with Crippen LogP contribution in [0.4, 0.5) is 5.82 Å². The molecule has 1 aromatic carbocycles. The predicted octanol–water partition coefficient (Wildman–Crippen LogP) is 2.42. The molecule has 0 saturated heterocycles. The number of carbonyl (C=O) groups excluding carboxylic acids is 1. The molecule has 0 aliphatic heterocycles. The molecule has 0 atom stereocenters. The van der Waals surface area contributed by atoms with E-state index in [1.807, 2.05) is 37.5 Å². The summed E-state index contributed by atoms with van der Waals surface area (Å²) in [7, 11) is 1.32. The fourth-order valence-electron chi connectivity index (χ4n) is 2.29. The number of nitrogens with two attached hydrogens (primary N) is 1. The van der Waals surface area contributed by atoms with E-state index in [2.05, 4.69) is 11.1 Å². The van der Waals surface area contributed by atoms with Crippen molar-refractivity contribution in [3.8, 4) is 5.69 Å². The number of anilines is 1. The number of carbonyl (C=O) groups is 1. The fraction of sp³-hybridized carbons (Fsp3) is 0.333. The SMILES string of the molecule is CCc1nc(C(=O)OC)c(N)n1-c1ccc(C)cc1C. The van der Waals surface area contributed by atoms with E-state index in [1.54, 1.807) is 0 Å². The van der Waals surface area contributed by atoms with Crippen molar-refractivity contribution in [1.82, 2.24) is 9.55 Å². The molecule has 5 nitrogen and oxygen atoms in total. The lowest BCUT2D eigenvalue weighted by Crippen LogP contribution is -2.09. The lowest BCUT2D eigenvalue weighted by molar-refractivity contribution is 0.0596. The zero-order valence-electron chi connectivity index (χ0n) is 12.2. The van der Waals surface area contributed by atoms with Crippen molar-refractivity contribution in [2.45, 2.75) is 27.2 Å². The molecule has 0 aliphatic carbocycles. The first-order chi connectivity index (χ1) is 9.49. The highest BCUT2D eigenvalue weighted by Crippen LogP contribution is 2.25. The zero-order valence-corrected chi connectivity index (χ0v) is 12.2. The predicted molar refractivity (Wildman–Crippen MR) is 78.2 cm³/mol. The van der Waals surface area contributed by atoms with Gasteiger partial charge in [-0.15, -0.1) is 0 Å². The first kappa shape index (κ1) is 14.1. The molecule has 0 unspecified atom stereocenters. The highest BCUT2D eigenvalue weighted by atomic mass is 16.5. The van der Waals surface area contributed by atoms with Gasteiger partial charge in [0.2, 0.25) is 0 Å². The van der Waals surface area contributed by atoms with Gasteiger partial charge in [-0.1, -0.05) is 24.6 Å². The van der Waals surface area contributed by atoms with E-state index in [9.17, 15) is 4.79 Å². The Morgan fingerprint density at radius 1 is 1.40 bits per heavy atom.